The number of hydrogen-bond donors (Lipinski definition) is 3. The Bertz CT molecular complexity index is 1020. The molecule has 3 aromatic carbocycles. The summed E-state index contributed by atoms with van der Waals surface area (Å²) in [5, 5.41) is 9.25. The molecule has 4 nitrogen and oxygen atoms in total. The molecule has 0 saturated carbocycles. The summed E-state index contributed by atoms with van der Waals surface area (Å²) in [6.07, 6.45) is 2.19. The van der Waals surface area contributed by atoms with E-state index in [1.165, 1.54) is 5.56 Å². The van der Waals surface area contributed by atoms with Crippen LogP contribution in [0.5, 0.6) is 0 Å². The molecule has 1 heterocycles. The van der Waals surface area contributed by atoms with E-state index in [1.54, 1.807) is 0 Å². The smallest absolute Gasteiger partial charge is 1.00 e. The van der Waals surface area contributed by atoms with Gasteiger partial charge in [-0.25, -0.2) is 4.98 Å². The van der Waals surface area contributed by atoms with Gasteiger partial charge in [0.2, 0.25) is 0 Å². The Morgan fingerprint density at radius 2 is 1.32 bits per heavy atom. The van der Waals surface area contributed by atoms with Gasteiger partial charge < -0.3 is 41.2 Å². The molecule has 0 radical (unpaired) electrons. The van der Waals surface area contributed by atoms with Crippen molar-refractivity contribution in [2.24, 2.45) is 5.73 Å². The van der Waals surface area contributed by atoms with Crippen LogP contribution >= 0.6 is 0 Å². The van der Waals surface area contributed by atoms with E-state index < -0.39 is 0 Å². The molecule has 0 bridgehead atoms. The van der Waals surface area contributed by atoms with E-state index >= 15 is 0 Å². The Hall–Kier alpha value is -1.68. The molecule has 4 rings (SSSR count). The molecule has 0 saturated heterocycles. The Morgan fingerprint density at radius 1 is 0.742 bits per heavy atom. The summed E-state index contributed by atoms with van der Waals surface area (Å²) in [5.74, 6) is 0. The van der Waals surface area contributed by atoms with Gasteiger partial charge in [-0.05, 0) is 49.2 Å². The van der Waals surface area contributed by atoms with Crippen LogP contribution in [0.4, 0.5) is 11.4 Å². The van der Waals surface area contributed by atoms with E-state index in [4.69, 9.17) is 10.7 Å². The minimum Gasteiger partial charge on any atom is -1.00 e. The number of halogens is 2. The van der Waals surface area contributed by atoms with Gasteiger partial charge in [-0.15, -0.1) is 0 Å². The fourth-order valence-corrected chi connectivity index (χ4v) is 3.52. The zero-order valence-corrected chi connectivity index (χ0v) is 20.8. The molecule has 0 spiro atoms. The Labute approximate surface area is 210 Å². The Balaban J connectivity index is 0.00000160. The molecule has 31 heavy (non-hydrogen) atoms. The van der Waals surface area contributed by atoms with Crippen molar-refractivity contribution in [2.75, 3.05) is 25.0 Å². The van der Waals surface area contributed by atoms with Gasteiger partial charge in [-0.3, -0.25) is 0 Å². The minimum absolute atomic E-state index is 0. The van der Waals surface area contributed by atoms with Gasteiger partial charge in [0.05, 0.1) is 16.7 Å². The third-order valence-electron chi connectivity index (χ3n) is 4.95. The molecule has 0 aliphatic heterocycles. The fourth-order valence-electron chi connectivity index (χ4n) is 3.52. The van der Waals surface area contributed by atoms with Gasteiger partial charge in [0.1, 0.15) is 0 Å². The third kappa shape index (κ3) is 6.90. The molecule has 7 heteroatoms. The molecule has 1 aromatic heterocycles. The summed E-state index contributed by atoms with van der Waals surface area (Å²) in [6, 6.07) is 25.3. The maximum Gasteiger partial charge on any atom is 4.00 e. The summed E-state index contributed by atoms with van der Waals surface area (Å²) in [7, 11) is 0. The zero-order valence-electron chi connectivity index (χ0n) is 17.1. The van der Waals surface area contributed by atoms with Crippen LogP contribution in [0.3, 0.4) is 0 Å². The van der Waals surface area contributed by atoms with Crippen LogP contribution < -0.4 is 41.2 Å². The molecule has 0 aliphatic carbocycles. The van der Waals surface area contributed by atoms with Crippen LogP contribution in [0, 0.1) is 0 Å². The largest absolute Gasteiger partial charge is 4.00 e. The number of benzene rings is 3. The normalized spacial score (nSPS) is 10.1. The average Bonchev–Trinajstić information content (AvgIpc) is 2.74. The van der Waals surface area contributed by atoms with Crippen molar-refractivity contribution in [2.45, 2.75) is 12.8 Å². The third-order valence-corrected chi connectivity index (χ3v) is 4.95. The number of para-hydroxylation sites is 2. The first kappa shape index (κ1) is 27.4. The van der Waals surface area contributed by atoms with Gasteiger partial charge in [0, 0.05) is 29.5 Å². The number of nitrogens with two attached hydrogens (primary N) is 1. The summed E-state index contributed by atoms with van der Waals surface area (Å²) < 4.78 is 0. The topological polar surface area (TPSA) is 63.0 Å². The molecule has 4 aromatic rings. The van der Waals surface area contributed by atoms with Crippen LogP contribution in [0.1, 0.15) is 12.0 Å². The second-order valence-electron chi connectivity index (χ2n) is 6.99. The quantitative estimate of drug-likeness (QED) is 0.165. The van der Waals surface area contributed by atoms with Gasteiger partial charge in [0.25, 0.3) is 0 Å². The summed E-state index contributed by atoms with van der Waals surface area (Å²) in [4.78, 5) is 4.80. The van der Waals surface area contributed by atoms with Crippen molar-refractivity contribution in [3.8, 4) is 0 Å². The fraction of sp³-hybridized carbons (Fsp3) is 0.208. The summed E-state index contributed by atoms with van der Waals surface area (Å²) >= 11 is 0. The van der Waals surface area contributed by atoms with Gasteiger partial charge in [0.15, 0.2) is 0 Å². The summed E-state index contributed by atoms with van der Waals surface area (Å²) in [5.41, 5.74) is 11.1. The number of aryl methyl sites for hydroxylation is 1. The summed E-state index contributed by atoms with van der Waals surface area (Å²) in [6.45, 7) is 2.58. The molecule has 164 valence electrons. The van der Waals surface area contributed by atoms with Crippen LogP contribution in [0.15, 0.2) is 72.8 Å². The molecule has 0 fully saturated rings. The van der Waals surface area contributed by atoms with E-state index in [1.807, 2.05) is 12.1 Å². The molecule has 0 unspecified atom stereocenters. The van der Waals surface area contributed by atoms with Crippen molar-refractivity contribution >= 4 is 33.2 Å². The second-order valence-corrected chi connectivity index (χ2v) is 6.99. The first-order valence-electron chi connectivity index (χ1n) is 9.89. The van der Waals surface area contributed by atoms with Crippen LogP contribution in [-0.4, -0.2) is 24.6 Å². The maximum absolute atomic E-state index is 5.50. The number of fused-ring (bicyclic) bond motifs is 2. The number of rotatable bonds is 8. The minimum atomic E-state index is 0. The van der Waals surface area contributed by atoms with Crippen molar-refractivity contribution in [3.05, 3.63) is 78.4 Å². The average molecular weight is 636 g/mol. The van der Waals surface area contributed by atoms with Crippen LogP contribution in [-0.2, 0) is 27.5 Å². The number of pyridine rings is 1. The van der Waals surface area contributed by atoms with E-state index in [-0.39, 0.29) is 45.9 Å². The molecule has 0 amide bonds. The standard InChI is InChI=1S/C24H26N4.2ClH.Pt/c25-15-17-26-16-5-6-18-11-13-19(14-12-18)27-24-20-7-1-3-9-22(20)28-23-10-4-2-8-21(23)24;;;/h1-4,7-14,26H,5-6,15-17,25H2,(H,27,28);2*1H;/q;;;+4/p-2. The van der Waals surface area contributed by atoms with E-state index in [9.17, 15) is 0 Å². The van der Waals surface area contributed by atoms with E-state index in [0.29, 0.717) is 6.54 Å². The zero-order chi connectivity index (χ0) is 19.2. The predicted molar refractivity (Wildman–Crippen MR) is 119 cm³/mol. The van der Waals surface area contributed by atoms with E-state index in [2.05, 4.69) is 71.3 Å². The van der Waals surface area contributed by atoms with Crippen molar-refractivity contribution in [3.63, 3.8) is 0 Å². The number of anilines is 2. The number of hydrogen-bond acceptors (Lipinski definition) is 4. The van der Waals surface area contributed by atoms with Gasteiger partial charge in [-0.1, -0.05) is 48.5 Å². The van der Waals surface area contributed by atoms with E-state index in [0.717, 1.165) is 59.1 Å². The van der Waals surface area contributed by atoms with Crippen molar-refractivity contribution in [1.82, 2.24) is 10.3 Å². The Morgan fingerprint density at radius 3 is 1.90 bits per heavy atom. The molecular weight excluding hydrogens is 610 g/mol. The monoisotopic (exact) mass is 635 g/mol. The van der Waals surface area contributed by atoms with Gasteiger partial charge >= 0.3 is 21.1 Å². The van der Waals surface area contributed by atoms with Crippen molar-refractivity contribution in [1.29, 1.82) is 0 Å². The Kier molecular flexibility index (Phi) is 12.1. The second kappa shape index (κ2) is 13.7. The molecule has 0 atom stereocenters. The number of aromatic nitrogens is 1. The number of nitrogens with one attached hydrogen (secondary N) is 2. The maximum atomic E-state index is 5.50. The van der Waals surface area contributed by atoms with Crippen molar-refractivity contribution < 1.29 is 45.9 Å². The molecule has 0 aliphatic rings. The molecule has 4 N–H and O–H groups in total. The molecular formula is C24H26Cl2N4Pt+2. The predicted octanol–water partition coefficient (Wildman–Crippen LogP) is -1.38. The number of nitrogens with zero attached hydrogens (tertiary/aromatic N) is 1. The van der Waals surface area contributed by atoms with Crippen LogP contribution in [0.25, 0.3) is 21.8 Å². The first-order chi connectivity index (χ1) is 13.8. The van der Waals surface area contributed by atoms with Gasteiger partial charge in [-0.2, -0.15) is 0 Å². The SMILES string of the molecule is NCCNCCCc1ccc(Nc2c3ccccc3nc3ccccc23)cc1.[Cl-].[Cl-].[Pt+4]. The van der Waals surface area contributed by atoms with Crippen LogP contribution in [0.2, 0.25) is 0 Å². The first-order valence-corrected chi connectivity index (χ1v) is 9.89.